The number of nitro benzene ring substituents is 1. The van der Waals surface area contributed by atoms with Crippen molar-refractivity contribution in [1.82, 2.24) is 5.32 Å². The zero-order chi connectivity index (χ0) is 15.4. The molecule has 0 bridgehead atoms. The second-order valence-electron chi connectivity index (χ2n) is 5.24. The van der Waals surface area contributed by atoms with E-state index in [2.05, 4.69) is 5.32 Å². The number of non-ortho nitro benzene ring substituents is 1. The highest BCUT2D eigenvalue weighted by Crippen LogP contribution is 2.31. The summed E-state index contributed by atoms with van der Waals surface area (Å²) in [7, 11) is 0. The number of carbonyl (C=O) groups is 1. The molecule has 1 amide bonds. The van der Waals surface area contributed by atoms with Crippen molar-refractivity contribution in [3.8, 4) is 0 Å². The summed E-state index contributed by atoms with van der Waals surface area (Å²) >= 11 is 11.8. The summed E-state index contributed by atoms with van der Waals surface area (Å²) in [6.07, 6.45) is 5.85. The second kappa shape index (κ2) is 7.09. The second-order valence-corrected chi connectivity index (χ2v) is 6.03. The fraction of sp³-hybridized carbons (Fsp3) is 0.500. The smallest absolute Gasteiger partial charge is 0.271 e. The van der Waals surface area contributed by atoms with Crippen LogP contribution in [0.3, 0.4) is 0 Å². The molecule has 0 aliphatic heterocycles. The Kier molecular flexibility index (Phi) is 5.42. The lowest BCUT2D eigenvalue weighted by atomic mass is 10.0. The van der Waals surface area contributed by atoms with Gasteiger partial charge >= 0.3 is 0 Å². The van der Waals surface area contributed by atoms with Gasteiger partial charge in [-0.2, -0.15) is 0 Å². The van der Waals surface area contributed by atoms with E-state index in [0.717, 1.165) is 18.6 Å². The van der Waals surface area contributed by atoms with E-state index >= 15 is 0 Å². The summed E-state index contributed by atoms with van der Waals surface area (Å²) in [4.78, 5) is 22.3. The predicted molar refractivity (Wildman–Crippen MR) is 82.0 cm³/mol. The molecular formula is C14H16Cl2N2O3. The number of hydrogen-bond donors (Lipinski definition) is 1. The average Bonchev–Trinajstić information content (AvgIpc) is 2.94. The van der Waals surface area contributed by atoms with Crippen LogP contribution in [0.25, 0.3) is 0 Å². The van der Waals surface area contributed by atoms with Gasteiger partial charge in [0.1, 0.15) is 0 Å². The van der Waals surface area contributed by atoms with Crippen LogP contribution in [0, 0.1) is 16.0 Å². The molecule has 1 N–H and O–H groups in total. The Hall–Kier alpha value is -1.33. The van der Waals surface area contributed by atoms with Crippen molar-refractivity contribution in [3.05, 3.63) is 37.9 Å². The van der Waals surface area contributed by atoms with Crippen molar-refractivity contribution < 1.29 is 9.72 Å². The van der Waals surface area contributed by atoms with Gasteiger partial charge in [0.05, 0.1) is 20.5 Å². The van der Waals surface area contributed by atoms with Gasteiger partial charge in [0, 0.05) is 18.7 Å². The van der Waals surface area contributed by atoms with Crippen molar-refractivity contribution in [2.75, 3.05) is 6.54 Å². The van der Waals surface area contributed by atoms with Gasteiger partial charge in [-0.05, 0) is 12.3 Å². The first-order chi connectivity index (χ1) is 9.99. The molecule has 0 saturated heterocycles. The van der Waals surface area contributed by atoms with Gasteiger partial charge in [0.25, 0.3) is 11.6 Å². The van der Waals surface area contributed by atoms with Gasteiger partial charge in [0.2, 0.25) is 0 Å². The molecule has 1 saturated carbocycles. The molecule has 0 heterocycles. The fourth-order valence-corrected chi connectivity index (χ4v) is 3.04. The molecule has 1 fully saturated rings. The maximum atomic E-state index is 12.1. The van der Waals surface area contributed by atoms with Gasteiger partial charge in [-0.1, -0.05) is 48.9 Å². The van der Waals surface area contributed by atoms with Gasteiger partial charge in [-0.15, -0.1) is 0 Å². The lowest BCUT2D eigenvalue weighted by Gasteiger charge is -2.11. The van der Waals surface area contributed by atoms with E-state index < -0.39 is 10.8 Å². The van der Waals surface area contributed by atoms with Crippen LogP contribution in [0.4, 0.5) is 5.69 Å². The summed E-state index contributed by atoms with van der Waals surface area (Å²) in [5, 5.41) is 13.6. The number of hydrogen-bond acceptors (Lipinski definition) is 3. The highest BCUT2D eigenvalue weighted by molar-refractivity contribution is 6.44. The number of halogens is 2. The SMILES string of the molecule is O=C(NCCC1CCCC1)c1cc([N+](=O)[O-])cc(Cl)c1Cl. The van der Waals surface area contributed by atoms with Crippen molar-refractivity contribution in [3.63, 3.8) is 0 Å². The van der Waals surface area contributed by atoms with Crippen LogP contribution in [0.5, 0.6) is 0 Å². The Morgan fingerprint density at radius 1 is 1.33 bits per heavy atom. The van der Waals surface area contributed by atoms with Gasteiger partial charge < -0.3 is 5.32 Å². The molecule has 7 heteroatoms. The van der Waals surface area contributed by atoms with E-state index in [4.69, 9.17) is 23.2 Å². The third-order valence-electron chi connectivity index (χ3n) is 3.78. The minimum atomic E-state index is -0.600. The minimum absolute atomic E-state index is 0.00631. The Balaban J connectivity index is 2.02. The summed E-state index contributed by atoms with van der Waals surface area (Å²) in [5.41, 5.74) is -0.201. The van der Waals surface area contributed by atoms with Gasteiger partial charge in [0.15, 0.2) is 0 Å². The number of amides is 1. The van der Waals surface area contributed by atoms with E-state index in [0.29, 0.717) is 12.5 Å². The molecule has 114 valence electrons. The highest BCUT2D eigenvalue weighted by atomic mass is 35.5. The maximum Gasteiger partial charge on any atom is 0.271 e. The van der Waals surface area contributed by atoms with Crippen LogP contribution in [0.2, 0.25) is 10.0 Å². The summed E-state index contributed by atoms with van der Waals surface area (Å²) in [6.45, 7) is 0.542. The first-order valence-corrected chi connectivity index (χ1v) is 7.66. The van der Waals surface area contributed by atoms with E-state index in [-0.39, 0.29) is 21.3 Å². The van der Waals surface area contributed by atoms with Crippen LogP contribution >= 0.6 is 23.2 Å². The molecule has 1 aliphatic carbocycles. The van der Waals surface area contributed by atoms with Crippen molar-refractivity contribution >= 4 is 34.8 Å². The largest absolute Gasteiger partial charge is 0.352 e. The third kappa shape index (κ3) is 4.08. The lowest BCUT2D eigenvalue weighted by Crippen LogP contribution is -2.26. The Morgan fingerprint density at radius 2 is 2.00 bits per heavy atom. The van der Waals surface area contributed by atoms with E-state index in [1.807, 2.05) is 0 Å². The number of rotatable bonds is 5. The standard InChI is InChI=1S/C14H16Cl2N2O3/c15-12-8-10(18(20)21)7-11(13(12)16)14(19)17-6-5-9-3-1-2-4-9/h7-9H,1-6H2,(H,17,19). The van der Waals surface area contributed by atoms with E-state index in [1.165, 1.54) is 25.7 Å². The number of nitro groups is 1. The van der Waals surface area contributed by atoms with Crippen molar-refractivity contribution in [2.45, 2.75) is 32.1 Å². The zero-order valence-electron chi connectivity index (χ0n) is 11.4. The highest BCUT2D eigenvalue weighted by Gasteiger charge is 2.20. The lowest BCUT2D eigenvalue weighted by molar-refractivity contribution is -0.384. The van der Waals surface area contributed by atoms with Crippen molar-refractivity contribution in [1.29, 1.82) is 0 Å². The average molecular weight is 331 g/mol. The Morgan fingerprint density at radius 3 is 2.62 bits per heavy atom. The quantitative estimate of drug-likeness (QED) is 0.649. The number of benzene rings is 1. The molecule has 0 aromatic heterocycles. The fourth-order valence-electron chi connectivity index (χ4n) is 2.63. The van der Waals surface area contributed by atoms with Crippen LogP contribution in [-0.2, 0) is 0 Å². The topological polar surface area (TPSA) is 72.2 Å². The van der Waals surface area contributed by atoms with Gasteiger partial charge in [-0.25, -0.2) is 0 Å². The number of nitrogens with one attached hydrogen (secondary N) is 1. The third-order valence-corrected chi connectivity index (χ3v) is 4.58. The molecule has 0 atom stereocenters. The molecule has 21 heavy (non-hydrogen) atoms. The molecule has 1 aromatic carbocycles. The van der Waals surface area contributed by atoms with Gasteiger partial charge in [-0.3, -0.25) is 14.9 Å². The Labute approximate surface area is 132 Å². The first-order valence-electron chi connectivity index (χ1n) is 6.90. The summed E-state index contributed by atoms with van der Waals surface area (Å²) in [5.74, 6) is 0.234. The molecule has 5 nitrogen and oxygen atoms in total. The molecule has 2 rings (SSSR count). The zero-order valence-corrected chi connectivity index (χ0v) is 12.9. The minimum Gasteiger partial charge on any atom is -0.352 e. The monoisotopic (exact) mass is 330 g/mol. The van der Waals surface area contributed by atoms with Crippen LogP contribution in [0.1, 0.15) is 42.5 Å². The molecular weight excluding hydrogens is 315 g/mol. The van der Waals surface area contributed by atoms with Crippen LogP contribution in [-0.4, -0.2) is 17.4 Å². The predicted octanol–water partition coefficient (Wildman–Crippen LogP) is 4.21. The molecule has 0 unspecified atom stereocenters. The number of carbonyl (C=O) groups excluding carboxylic acids is 1. The van der Waals surface area contributed by atoms with Crippen molar-refractivity contribution in [2.24, 2.45) is 5.92 Å². The molecule has 0 radical (unpaired) electrons. The molecule has 1 aliphatic rings. The molecule has 0 spiro atoms. The maximum absolute atomic E-state index is 12.1. The Bertz CT molecular complexity index is 557. The van der Waals surface area contributed by atoms with E-state index in [9.17, 15) is 14.9 Å². The first kappa shape index (κ1) is 16.0. The molecule has 1 aromatic rings. The number of nitrogens with zero attached hydrogens (tertiary/aromatic N) is 1. The summed E-state index contributed by atoms with van der Waals surface area (Å²) < 4.78 is 0. The normalized spacial score (nSPS) is 15.1. The van der Waals surface area contributed by atoms with E-state index in [1.54, 1.807) is 0 Å². The van der Waals surface area contributed by atoms with Crippen LogP contribution < -0.4 is 5.32 Å². The summed E-state index contributed by atoms with van der Waals surface area (Å²) in [6, 6.07) is 2.29. The van der Waals surface area contributed by atoms with Crippen LogP contribution in [0.15, 0.2) is 12.1 Å².